The summed E-state index contributed by atoms with van der Waals surface area (Å²) in [7, 11) is 0. The minimum absolute atomic E-state index is 0.0814. The second-order valence-electron chi connectivity index (χ2n) is 4.90. The number of benzene rings is 1. The Morgan fingerprint density at radius 3 is 2.17 bits per heavy atom. The fraction of sp³-hybridized carbons (Fsp3) is 0.400. The summed E-state index contributed by atoms with van der Waals surface area (Å²) in [4.78, 5) is 36.6. The van der Waals surface area contributed by atoms with Gasteiger partial charge in [0.05, 0.1) is 17.7 Å². The Labute approximate surface area is 130 Å². The fourth-order valence-corrected chi connectivity index (χ4v) is 2.36. The molecule has 0 spiro atoms. The number of imide groups is 1. The Bertz CT molecular complexity index is 614. The first kappa shape index (κ1) is 17.0. The van der Waals surface area contributed by atoms with E-state index < -0.39 is 42.8 Å². The summed E-state index contributed by atoms with van der Waals surface area (Å²) in [6.45, 7) is 1.18. The van der Waals surface area contributed by atoms with Gasteiger partial charge in [-0.2, -0.15) is 0 Å². The van der Waals surface area contributed by atoms with Crippen LogP contribution in [0.15, 0.2) is 24.3 Å². The molecule has 2 rings (SSSR count). The summed E-state index contributed by atoms with van der Waals surface area (Å²) in [5.41, 5.74) is -0.165. The van der Waals surface area contributed by atoms with Gasteiger partial charge in [-0.05, 0) is 19.1 Å². The Morgan fingerprint density at radius 1 is 1.22 bits per heavy atom. The van der Waals surface area contributed by atoms with Crippen molar-refractivity contribution < 1.29 is 32.3 Å². The maximum absolute atomic E-state index is 15.2. The molecule has 1 heterocycles. The number of halogens is 3. The molecule has 0 radical (unpaired) electrons. The number of alkyl halides is 3. The maximum Gasteiger partial charge on any atom is 0.365 e. The van der Waals surface area contributed by atoms with E-state index in [4.69, 9.17) is 0 Å². The van der Waals surface area contributed by atoms with Crippen LogP contribution in [-0.2, 0) is 9.53 Å². The van der Waals surface area contributed by atoms with Gasteiger partial charge in [-0.1, -0.05) is 12.1 Å². The van der Waals surface area contributed by atoms with E-state index in [0.717, 1.165) is 0 Å². The van der Waals surface area contributed by atoms with Gasteiger partial charge in [-0.3, -0.25) is 9.59 Å². The molecule has 1 atom stereocenters. The quantitative estimate of drug-likeness (QED) is 0.457. The highest BCUT2D eigenvalue weighted by atomic mass is 19.3. The van der Waals surface area contributed by atoms with Crippen molar-refractivity contribution in [2.45, 2.75) is 32.0 Å². The monoisotopic (exact) mass is 329 g/mol. The number of rotatable bonds is 6. The minimum atomic E-state index is -3.26. The van der Waals surface area contributed by atoms with Crippen LogP contribution in [0.3, 0.4) is 0 Å². The Morgan fingerprint density at radius 2 is 1.74 bits per heavy atom. The summed E-state index contributed by atoms with van der Waals surface area (Å²) in [5.74, 6) is -6.89. The molecule has 0 aromatic heterocycles. The second-order valence-corrected chi connectivity index (χ2v) is 4.90. The molecule has 124 valence electrons. The van der Waals surface area contributed by atoms with Gasteiger partial charge in [0.2, 0.25) is 6.43 Å². The topological polar surface area (TPSA) is 63.7 Å². The van der Waals surface area contributed by atoms with Gasteiger partial charge in [-0.15, -0.1) is 0 Å². The third kappa shape index (κ3) is 2.93. The molecule has 0 fully saturated rings. The number of carbonyl (C=O) groups excluding carboxylic acids is 3. The van der Waals surface area contributed by atoms with Crippen LogP contribution in [0.1, 0.15) is 40.5 Å². The first-order chi connectivity index (χ1) is 10.8. The predicted octanol–water partition coefficient (Wildman–Crippen LogP) is 2.56. The number of ether oxygens (including phenoxy) is 1. The van der Waals surface area contributed by atoms with E-state index in [2.05, 4.69) is 4.74 Å². The zero-order valence-corrected chi connectivity index (χ0v) is 12.2. The molecule has 0 saturated heterocycles. The summed E-state index contributed by atoms with van der Waals surface area (Å²) in [6.07, 6.45) is -4.92. The number of carbonyl (C=O) groups is 3. The highest BCUT2D eigenvalue weighted by molar-refractivity contribution is 6.23. The van der Waals surface area contributed by atoms with Gasteiger partial charge in [0.1, 0.15) is 0 Å². The smallest absolute Gasteiger partial charge is 0.365 e. The first-order valence-corrected chi connectivity index (χ1v) is 6.95. The standard InChI is InChI=1S/C15H14F3NO4/c1-2-23-14(22)15(18,8-7-11(16)17)19-12(20)9-5-3-4-6-10(9)13(19)21/h3-6,11H,2,7-8H2,1H3. The van der Waals surface area contributed by atoms with Gasteiger partial charge in [0.25, 0.3) is 17.6 Å². The largest absolute Gasteiger partial charge is 0.462 e. The number of hydrogen-bond donors (Lipinski definition) is 0. The molecule has 8 heteroatoms. The lowest BCUT2D eigenvalue weighted by Gasteiger charge is -2.30. The number of amides is 2. The van der Waals surface area contributed by atoms with E-state index in [1.807, 2.05) is 0 Å². The van der Waals surface area contributed by atoms with Crippen LogP contribution < -0.4 is 0 Å². The van der Waals surface area contributed by atoms with Crippen LogP contribution in [0.2, 0.25) is 0 Å². The molecule has 2 amide bonds. The van der Waals surface area contributed by atoms with Gasteiger partial charge in [0, 0.05) is 12.8 Å². The molecule has 0 saturated carbocycles. The van der Waals surface area contributed by atoms with E-state index >= 15 is 4.39 Å². The van der Waals surface area contributed by atoms with Gasteiger partial charge in [0.15, 0.2) is 0 Å². The zero-order chi connectivity index (χ0) is 17.2. The van der Waals surface area contributed by atoms with Crippen molar-refractivity contribution >= 4 is 17.8 Å². The number of hydrogen-bond acceptors (Lipinski definition) is 4. The van der Waals surface area contributed by atoms with Crippen molar-refractivity contribution in [1.82, 2.24) is 4.90 Å². The Hall–Kier alpha value is -2.38. The van der Waals surface area contributed by atoms with Crippen LogP contribution in [0.25, 0.3) is 0 Å². The molecule has 0 N–H and O–H groups in total. The van der Waals surface area contributed by atoms with Crippen molar-refractivity contribution in [2.75, 3.05) is 6.61 Å². The molecule has 1 aromatic rings. The van der Waals surface area contributed by atoms with E-state index in [9.17, 15) is 23.2 Å². The van der Waals surface area contributed by atoms with Gasteiger partial charge < -0.3 is 4.74 Å². The summed E-state index contributed by atoms with van der Waals surface area (Å²) in [6, 6.07) is 5.54. The molecule has 1 aromatic carbocycles. The third-order valence-electron chi connectivity index (χ3n) is 3.43. The van der Waals surface area contributed by atoms with Crippen molar-refractivity contribution in [3.63, 3.8) is 0 Å². The molecule has 1 unspecified atom stereocenters. The van der Waals surface area contributed by atoms with Gasteiger partial charge >= 0.3 is 5.97 Å². The normalized spacial score (nSPS) is 16.5. The van der Waals surface area contributed by atoms with Crippen LogP contribution in [0.4, 0.5) is 13.2 Å². The molecule has 0 bridgehead atoms. The summed E-state index contributed by atoms with van der Waals surface area (Å²) in [5, 5.41) is 0. The average Bonchev–Trinajstić information content (AvgIpc) is 2.77. The van der Waals surface area contributed by atoms with Crippen molar-refractivity contribution in [2.24, 2.45) is 0 Å². The number of esters is 1. The number of fused-ring (bicyclic) bond motifs is 1. The highest BCUT2D eigenvalue weighted by Gasteiger charge is 2.55. The highest BCUT2D eigenvalue weighted by Crippen LogP contribution is 2.35. The molecule has 5 nitrogen and oxygen atoms in total. The Kier molecular flexibility index (Phi) is 4.72. The van der Waals surface area contributed by atoms with Crippen molar-refractivity contribution in [3.05, 3.63) is 35.4 Å². The second kappa shape index (κ2) is 6.39. The van der Waals surface area contributed by atoms with Crippen LogP contribution >= 0.6 is 0 Å². The molecule has 1 aliphatic rings. The van der Waals surface area contributed by atoms with Crippen molar-refractivity contribution in [1.29, 1.82) is 0 Å². The molecular weight excluding hydrogens is 315 g/mol. The lowest BCUT2D eigenvalue weighted by Crippen LogP contribution is -2.55. The van der Waals surface area contributed by atoms with Crippen LogP contribution in [0, 0.1) is 0 Å². The molecular formula is C15H14F3NO4. The summed E-state index contributed by atoms with van der Waals surface area (Å²) >= 11 is 0. The van der Waals surface area contributed by atoms with Crippen LogP contribution in [0.5, 0.6) is 0 Å². The van der Waals surface area contributed by atoms with Crippen molar-refractivity contribution in [3.8, 4) is 0 Å². The van der Waals surface area contributed by atoms with Crippen LogP contribution in [-0.4, -0.2) is 41.5 Å². The predicted molar refractivity (Wildman–Crippen MR) is 72.7 cm³/mol. The van der Waals surface area contributed by atoms with E-state index in [0.29, 0.717) is 0 Å². The van der Waals surface area contributed by atoms with E-state index in [-0.39, 0.29) is 22.6 Å². The lowest BCUT2D eigenvalue weighted by molar-refractivity contribution is -0.168. The maximum atomic E-state index is 15.2. The van der Waals surface area contributed by atoms with E-state index in [1.54, 1.807) is 0 Å². The fourth-order valence-electron chi connectivity index (χ4n) is 2.36. The van der Waals surface area contributed by atoms with E-state index in [1.165, 1.54) is 31.2 Å². The van der Waals surface area contributed by atoms with Gasteiger partial charge in [-0.25, -0.2) is 22.9 Å². The molecule has 1 aliphatic heterocycles. The zero-order valence-electron chi connectivity index (χ0n) is 12.2. The SMILES string of the molecule is CCOC(=O)C(F)(CCC(F)F)N1C(=O)c2ccccc2C1=O. The molecule has 23 heavy (non-hydrogen) atoms. The first-order valence-electron chi connectivity index (χ1n) is 6.95. The minimum Gasteiger partial charge on any atom is -0.462 e. The molecule has 0 aliphatic carbocycles. The summed E-state index contributed by atoms with van der Waals surface area (Å²) < 4.78 is 44.6. The Balaban J connectivity index is 2.42. The lowest BCUT2D eigenvalue weighted by atomic mass is 10.1. The average molecular weight is 329 g/mol. The third-order valence-corrected chi connectivity index (χ3v) is 3.43. The number of nitrogens with zero attached hydrogens (tertiary/aromatic N) is 1.